The molecular weight excluding hydrogens is 436 g/mol. The van der Waals surface area contributed by atoms with Crippen molar-refractivity contribution in [3.05, 3.63) is 70.9 Å². The van der Waals surface area contributed by atoms with Crippen LogP contribution < -0.4 is 0 Å². The van der Waals surface area contributed by atoms with Gasteiger partial charge in [0.1, 0.15) is 17.3 Å². The Morgan fingerprint density at radius 2 is 1.91 bits per heavy atom. The summed E-state index contributed by atoms with van der Waals surface area (Å²) >= 11 is 0. The van der Waals surface area contributed by atoms with E-state index >= 15 is 0 Å². The highest BCUT2D eigenvalue weighted by atomic mass is 19.1. The van der Waals surface area contributed by atoms with Crippen molar-refractivity contribution in [1.82, 2.24) is 25.1 Å². The average Bonchev–Trinajstić information content (AvgIpc) is 3.20. The third kappa shape index (κ3) is 3.00. The maximum absolute atomic E-state index is 14.4. The molecule has 2 heterocycles. The Bertz CT molecular complexity index is 1270. The molecule has 0 spiro atoms. The normalized spacial score (nSPS) is 22.0. The van der Waals surface area contributed by atoms with Crippen LogP contribution in [0.2, 0.25) is 0 Å². The molecule has 1 aromatic carbocycles. The van der Waals surface area contributed by atoms with E-state index < -0.39 is 17.0 Å². The molecule has 2 aliphatic rings. The van der Waals surface area contributed by atoms with Crippen LogP contribution in [-0.4, -0.2) is 44.6 Å². The van der Waals surface area contributed by atoms with Gasteiger partial charge in [0.2, 0.25) is 0 Å². The van der Waals surface area contributed by atoms with Gasteiger partial charge < -0.3 is 4.90 Å². The molecule has 2 atom stereocenters. The minimum absolute atomic E-state index is 0.121. The zero-order valence-electron chi connectivity index (χ0n) is 19.8. The molecule has 34 heavy (non-hydrogen) atoms. The Balaban J connectivity index is 1.63. The van der Waals surface area contributed by atoms with E-state index in [0.29, 0.717) is 17.9 Å². The predicted molar refractivity (Wildman–Crippen MR) is 123 cm³/mol. The molecule has 8 heteroatoms. The fourth-order valence-corrected chi connectivity index (χ4v) is 6.06. The number of benzene rings is 1. The highest BCUT2D eigenvalue weighted by molar-refractivity contribution is 5.91. The molecule has 0 N–H and O–H groups in total. The molecule has 1 saturated carbocycles. The minimum atomic E-state index is -0.667. The highest BCUT2D eigenvalue weighted by Crippen LogP contribution is 2.69. The summed E-state index contributed by atoms with van der Waals surface area (Å²) in [6.45, 7) is 6.97. The molecule has 2 aliphatic carbocycles. The molecule has 0 radical (unpaired) electrons. The SMILES string of the molecule is CCCN(C)C(=O)c1cncc([C@@]23CC[C@@H](c4cc(-c5c(F)cccc5F)nnc42)C3(C)C)n1. The fourth-order valence-electron chi connectivity index (χ4n) is 6.06. The van der Waals surface area contributed by atoms with Crippen molar-refractivity contribution in [3.63, 3.8) is 0 Å². The van der Waals surface area contributed by atoms with Gasteiger partial charge in [0.05, 0.1) is 34.3 Å². The molecule has 1 fully saturated rings. The molecule has 6 nitrogen and oxygen atoms in total. The number of aromatic nitrogens is 4. The second-order valence-electron chi connectivity index (χ2n) is 9.86. The van der Waals surface area contributed by atoms with Crippen molar-refractivity contribution in [3.8, 4) is 11.3 Å². The van der Waals surface area contributed by atoms with Crippen molar-refractivity contribution in [2.45, 2.75) is 51.4 Å². The third-order valence-electron chi connectivity index (χ3n) is 7.80. The van der Waals surface area contributed by atoms with Gasteiger partial charge in [0.25, 0.3) is 5.91 Å². The summed E-state index contributed by atoms with van der Waals surface area (Å²) in [6.07, 6.45) is 5.72. The van der Waals surface area contributed by atoms with Gasteiger partial charge in [-0.05, 0) is 54.4 Å². The lowest BCUT2D eigenvalue weighted by molar-refractivity contribution is 0.0787. The summed E-state index contributed by atoms with van der Waals surface area (Å²) < 4.78 is 28.9. The number of carbonyl (C=O) groups excluding carboxylic acids is 1. The Labute approximate surface area is 197 Å². The van der Waals surface area contributed by atoms with E-state index in [2.05, 4.69) is 29.0 Å². The number of rotatable bonds is 5. The van der Waals surface area contributed by atoms with Gasteiger partial charge in [0, 0.05) is 19.8 Å². The Hall–Kier alpha value is -3.29. The van der Waals surface area contributed by atoms with Gasteiger partial charge in [-0.15, -0.1) is 5.10 Å². The number of hydrogen-bond acceptors (Lipinski definition) is 5. The van der Waals surface area contributed by atoms with Gasteiger partial charge in [-0.25, -0.2) is 13.8 Å². The van der Waals surface area contributed by atoms with Gasteiger partial charge in [-0.3, -0.25) is 9.78 Å². The van der Waals surface area contributed by atoms with Gasteiger partial charge in [0.15, 0.2) is 0 Å². The zero-order chi connectivity index (χ0) is 24.3. The highest BCUT2D eigenvalue weighted by Gasteiger charge is 2.65. The van der Waals surface area contributed by atoms with Crippen LogP contribution in [0.3, 0.4) is 0 Å². The van der Waals surface area contributed by atoms with E-state index in [4.69, 9.17) is 4.98 Å². The Morgan fingerprint density at radius 1 is 1.18 bits per heavy atom. The second kappa shape index (κ2) is 7.89. The van der Waals surface area contributed by atoms with Crippen LogP contribution in [-0.2, 0) is 5.41 Å². The summed E-state index contributed by atoms with van der Waals surface area (Å²) in [6, 6.07) is 5.55. The maximum atomic E-state index is 14.4. The molecule has 0 aliphatic heterocycles. The van der Waals surface area contributed by atoms with E-state index in [-0.39, 0.29) is 28.5 Å². The number of hydrogen-bond donors (Lipinski definition) is 0. The number of nitrogens with zero attached hydrogens (tertiary/aromatic N) is 5. The predicted octanol–water partition coefficient (Wildman–Crippen LogP) is 4.90. The van der Waals surface area contributed by atoms with E-state index in [1.54, 1.807) is 24.2 Å². The maximum Gasteiger partial charge on any atom is 0.273 e. The van der Waals surface area contributed by atoms with Crippen molar-refractivity contribution in [1.29, 1.82) is 0 Å². The molecule has 3 aromatic rings. The Kier molecular flexibility index (Phi) is 5.22. The number of carbonyl (C=O) groups is 1. The van der Waals surface area contributed by atoms with Crippen molar-refractivity contribution >= 4 is 5.91 Å². The number of amides is 1. The van der Waals surface area contributed by atoms with Crippen LogP contribution in [0.1, 0.15) is 73.4 Å². The summed E-state index contributed by atoms with van der Waals surface area (Å²) in [4.78, 5) is 23.7. The van der Waals surface area contributed by atoms with Crippen LogP contribution >= 0.6 is 0 Å². The van der Waals surface area contributed by atoms with E-state index in [1.165, 1.54) is 24.4 Å². The molecular formula is C26H27F2N5O. The first-order valence-electron chi connectivity index (χ1n) is 11.6. The number of halogens is 2. The van der Waals surface area contributed by atoms with Crippen LogP contribution in [0.25, 0.3) is 11.3 Å². The van der Waals surface area contributed by atoms with E-state index in [0.717, 1.165) is 30.5 Å². The third-order valence-corrected chi connectivity index (χ3v) is 7.80. The van der Waals surface area contributed by atoms with Gasteiger partial charge >= 0.3 is 0 Å². The summed E-state index contributed by atoms with van der Waals surface area (Å²) in [5.41, 5.74) is 1.83. The summed E-state index contributed by atoms with van der Waals surface area (Å²) in [7, 11) is 1.76. The second-order valence-corrected chi connectivity index (χ2v) is 9.86. The molecule has 176 valence electrons. The molecule has 2 bridgehead atoms. The van der Waals surface area contributed by atoms with Crippen LogP contribution in [0, 0.1) is 17.0 Å². The molecule has 1 amide bonds. The fraction of sp³-hybridized carbons (Fsp3) is 0.423. The molecule has 2 aromatic heterocycles. The van der Waals surface area contributed by atoms with E-state index in [1.807, 2.05) is 6.92 Å². The topological polar surface area (TPSA) is 71.9 Å². The lowest BCUT2D eigenvalue weighted by Crippen LogP contribution is -2.38. The molecule has 0 saturated heterocycles. The van der Waals surface area contributed by atoms with Crippen molar-refractivity contribution < 1.29 is 13.6 Å². The van der Waals surface area contributed by atoms with Crippen molar-refractivity contribution in [2.24, 2.45) is 5.41 Å². The van der Waals surface area contributed by atoms with E-state index in [9.17, 15) is 13.6 Å². The average molecular weight is 464 g/mol. The zero-order valence-corrected chi connectivity index (χ0v) is 19.8. The lowest BCUT2D eigenvalue weighted by atomic mass is 9.66. The van der Waals surface area contributed by atoms with Crippen LogP contribution in [0.4, 0.5) is 8.78 Å². The summed E-state index contributed by atoms with van der Waals surface area (Å²) in [5.74, 6) is -1.38. The monoisotopic (exact) mass is 463 g/mol. The first-order valence-corrected chi connectivity index (χ1v) is 11.6. The molecule has 0 unspecified atom stereocenters. The quantitative estimate of drug-likeness (QED) is 0.538. The van der Waals surface area contributed by atoms with Crippen molar-refractivity contribution in [2.75, 3.05) is 13.6 Å². The van der Waals surface area contributed by atoms with Gasteiger partial charge in [-0.1, -0.05) is 26.8 Å². The van der Waals surface area contributed by atoms with Crippen LogP contribution in [0.5, 0.6) is 0 Å². The molecule has 5 rings (SSSR count). The lowest BCUT2D eigenvalue weighted by Gasteiger charge is -2.37. The van der Waals surface area contributed by atoms with Gasteiger partial charge in [-0.2, -0.15) is 5.10 Å². The first-order chi connectivity index (χ1) is 16.2. The largest absolute Gasteiger partial charge is 0.340 e. The van der Waals surface area contributed by atoms with Crippen LogP contribution in [0.15, 0.2) is 36.7 Å². The Morgan fingerprint density at radius 3 is 2.62 bits per heavy atom. The first kappa shape index (κ1) is 22.5. The number of fused-ring (bicyclic) bond motifs is 5. The standard InChI is InChI=1S/C26H27F2N5O/c1-5-11-33(4)24(34)20-13-29-14-21(30-20)26-10-9-16(25(26,2)3)15-12-19(31-32-23(15)26)22-17(27)7-6-8-18(22)28/h6-8,12-14,16H,5,9-11H2,1-4H3/t16-,26-/m0/s1. The minimum Gasteiger partial charge on any atom is -0.340 e. The smallest absolute Gasteiger partial charge is 0.273 e. The summed E-state index contributed by atoms with van der Waals surface area (Å²) in [5, 5.41) is 8.79.